The number of rotatable bonds is 5. The molecule has 2 aromatic rings. The zero-order valence-corrected chi connectivity index (χ0v) is 14.4. The average Bonchev–Trinajstić information content (AvgIpc) is 3.12. The van der Waals surface area contributed by atoms with Gasteiger partial charge in [0, 0.05) is 31.8 Å². The fraction of sp³-hybridized carbons (Fsp3) is 0.562. The fourth-order valence-corrected chi connectivity index (χ4v) is 4.00. The molecule has 0 aliphatic carbocycles. The van der Waals surface area contributed by atoms with Gasteiger partial charge in [-0.2, -0.15) is 5.10 Å². The summed E-state index contributed by atoms with van der Waals surface area (Å²) in [6, 6.07) is 0. The van der Waals surface area contributed by atoms with Crippen molar-refractivity contribution in [3.8, 4) is 0 Å². The molecule has 3 heterocycles. The molecular formula is C16H23N5OS. The molecule has 2 N–H and O–H groups in total. The van der Waals surface area contributed by atoms with Crippen molar-refractivity contribution in [3.05, 3.63) is 33.5 Å². The van der Waals surface area contributed by atoms with Gasteiger partial charge in [0.25, 0.3) is 5.91 Å². The highest BCUT2D eigenvalue weighted by atomic mass is 32.1. The van der Waals surface area contributed by atoms with E-state index >= 15 is 0 Å². The summed E-state index contributed by atoms with van der Waals surface area (Å²) in [4.78, 5) is 17.7. The number of thiazole rings is 1. The van der Waals surface area contributed by atoms with Crippen molar-refractivity contribution in [2.45, 2.75) is 32.7 Å². The Morgan fingerprint density at radius 2 is 2.26 bits per heavy atom. The molecule has 1 fully saturated rings. The van der Waals surface area contributed by atoms with Gasteiger partial charge in [0.15, 0.2) is 0 Å². The Kier molecular flexibility index (Phi) is 5.07. The lowest BCUT2D eigenvalue weighted by Gasteiger charge is -2.21. The Balaban J connectivity index is 1.59. The number of aromatic nitrogens is 3. The lowest BCUT2D eigenvalue weighted by molar-refractivity contribution is 0.0954. The van der Waals surface area contributed by atoms with Crippen LogP contribution in [0.2, 0.25) is 0 Å². The lowest BCUT2D eigenvalue weighted by atomic mass is 9.95. The molecule has 0 atom stereocenters. The molecule has 1 amide bonds. The Labute approximate surface area is 140 Å². The smallest absolute Gasteiger partial charge is 0.263 e. The fourth-order valence-electron chi connectivity index (χ4n) is 2.91. The topological polar surface area (TPSA) is 71.8 Å². The summed E-state index contributed by atoms with van der Waals surface area (Å²) < 4.78 is 1.73. The zero-order valence-electron chi connectivity index (χ0n) is 13.6. The van der Waals surface area contributed by atoms with E-state index < -0.39 is 0 Å². The normalized spacial score (nSPS) is 15.7. The summed E-state index contributed by atoms with van der Waals surface area (Å²) in [5.41, 5.74) is 1.83. The van der Waals surface area contributed by atoms with Crippen LogP contribution < -0.4 is 10.6 Å². The highest BCUT2D eigenvalue weighted by Gasteiger charge is 2.19. The molecule has 0 spiro atoms. The van der Waals surface area contributed by atoms with Gasteiger partial charge in [-0.15, -0.1) is 11.3 Å². The zero-order chi connectivity index (χ0) is 16.2. The van der Waals surface area contributed by atoms with E-state index in [0.717, 1.165) is 40.7 Å². The first kappa shape index (κ1) is 16.1. The van der Waals surface area contributed by atoms with E-state index in [2.05, 4.69) is 20.7 Å². The van der Waals surface area contributed by atoms with Crippen LogP contribution in [0.25, 0.3) is 0 Å². The van der Waals surface area contributed by atoms with Crippen LogP contribution in [0.15, 0.2) is 12.4 Å². The van der Waals surface area contributed by atoms with Crippen LogP contribution in [-0.2, 0) is 20.0 Å². The van der Waals surface area contributed by atoms with Crippen molar-refractivity contribution in [3.63, 3.8) is 0 Å². The second kappa shape index (κ2) is 7.23. The van der Waals surface area contributed by atoms with Crippen LogP contribution >= 0.6 is 11.3 Å². The average molecular weight is 333 g/mol. The van der Waals surface area contributed by atoms with Crippen molar-refractivity contribution in [2.75, 3.05) is 13.1 Å². The van der Waals surface area contributed by atoms with Crippen molar-refractivity contribution in [1.29, 1.82) is 0 Å². The van der Waals surface area contributed by atoms with Crippen LogP contribution in [0.5, 0.6) is 0 Å². The largest absolute Gasteiger partial charge is 0.347 e. The van der Waals surface area contributed by atoms with Crippen LogP contribution in [0.1, 0.15) is 38.8 Å². The SMILES string of the molecule is Cc1nc(CC2CCNCC2)sc1C(=O)NCc1cnn(C)c1. The molecule has 1 aliphatic heterocycles. The minimum Gasteiger partial charge on any atom is -0.347 e. The number of carbonyl (C=O) groups excluding carboxylic acids is 1. The Morgan fingerprint density at radius 3 is 2.96 bits per heavy atom. The van der Waals surface area contributed by atoms with Crippen molar-refractivity contribution < 1.29 is 4.79 Å². The van der Waals surface area contributed by atoms with Gasteiger partial charge in [0.2, 0.25) is 0 Å². The number of aryl methyl sites for hydroxylation is 2. The minimum absolute atomic E-state index is 0.0413. The molecule has 23 heavy (non-hydrogen) atoms. The van der Waals surface area contributed by atoms with Gasteiger partial charge in [-0.25, -0.2) is 4.98 Å². The van der Waals surface area contributed by atoms with Gasteiger partial charge in [-0.05, 0) is 38.8 Å². The maximum Gasteiger partial charge on any atom is 0.263 e. The van der Waals surface area contributed by atoms with Crippen molar-refractivity contribution >= 4 is 17.2 Å². The van der Waals surface area contributed by atoms with Gasteiger partial charge >= 0.3 is 0 Å². The monoisotopic (exact) mass is 333 g/mol. The predicted molar refractivity (Wildman–Crippen MR) is 90.5 cm³/mol. The predicted octanol–water partition coefficient (Wildman–Crippen LogP) is 1.66. The molecule has 124 valence electrons. The molecule has 0 unspecified atom stereocenters. The van der Waals surface area contributed by atoms with Gasteiger partial charge in [-0.3, -0.25) is 9.48 Å². The molecule has 6 nitrogen and oxygen atoms in total. The van der Waals surface area contributed by atoms with Gasteiger partial charge in [-0.1, -0.05) is 0 Å². The van der Waals surface area contributed by atoms with Gasteiger partial charge < -0.3 is 10.6 Å². The number of nitrogens with one attached hydrogen (secondary N) is 2. The van der Waals surface area contributed by atoms with E-state index in [1.807, 2.05) is 20.2 Å². The lowest BCUT2D eigenvalue weighted by Crippen LogP contribution is -2.28. The maximum absolute atomic E-state index is 12.4. The number of carbonyl (C=O) groups is 1. The molecule has 1 aliphatic rings. The minimum atomic E-state index is -0.0413. The molecule has 7 heteroatoms. The molecule has 0 bridgehead atoms. The molecular weight excluding hydrogens is 310 g/mol. The van der Waals surface area contributed by atoms with Crippen LogP contribution in [0.4, 0.5) is 0 Å². The third-order valence-corrected chi connectivity index (χ3v) is 5.36. The number of amides is 1. The highest BCUT2D eigenvalue weighted by molar-refractivity contribution is 7.13. The third kappa shape index (κ3) is 4.17. The second-order valence-corrected chi connectivity index (χ2v) is 7.21. The standard InChI is InChI=1S/C16H23N5OS/c1-11-15(16(22)18-8-13-9-19-21(2)10-13)23-14(20-11)7-12-3-5-17-6-4-12/h9-10,12,17H,3-8H2,1-2H3,(H,18,22). The molecule has 2 aromatic heterocycles. The maximum atomic E-state index is 12.4. The van der Waals surface area contributed by atoms with Gasteiger partial charge in [0.05, 0.1) is 16.9 Å². The summed E-state index contributed by atoms with van der Waals surface area (Å²) in [5.74, 6) is 0.647. The first-order valence-corrected chi connectivity index (χ1v) is 8.86. The molecule has 3 rings (SSSR count). The van der Waals surface area contributed by atoms with E-state index in [9.17, 15) is 4.79 Å². The number of nitrogens with zero attached hydrogens (tertiary/aromatic N) is 3. The van der Waals surface area contributed by atoms with E-state index in [1.54, 1.807) is 10.9 Å². The summed E-state index contributed by atoms with van der Waals surface area (Å²) in [5, 5.41) is 11.5. The third-order valence-electron chi connectivity index (χ3n) is 4.18. The highest BCUT2D eigenvalue weighted by Crippen LogP contribution is 2.24. The van der Waals surface area contributed by atoms with E-state index in [-0.39, 0.29) is 5.91 Å². The Bertz CT molecular complexity index is 672. The number of piperidine rings is 1. The van der Waals surface area contributed by atoms with Crippen molar-refractivity contribution in [1.82, 2.24) is 25.4 Å². The van der Waals surface area contributed by atoms with Gasteiger partial charge in [0.1, 0.15) is 4.88 Å². The summed E-state index contributed by atoms with van der Waals surface area (Å²) in [7, 11) is 1.87. The quantitative estimate of drug-likeness (QED) is 0.873. The molecule has 0 saturated carbocycles. The van der Waals surface area contributed by atoms with E-state index in [0.29, 0.717) is 12.5 Å². The Hall–Kier alpha value is -1.73. The van der Waals surface area contributed by atoms with Crippen LogP contribution in [0, 0.1) is 12.8 Å². The summed E-state index contributed by atoms with van der Waals surface area (Å²) >= 11 is 1.54. The van der Waals surface area contributed by atoms with Crippen LogP contribution in [-0.4, -0.2) is 33.8 Å². The first-order chi connectivity index (χ1) is 11.1. The van der Waals surface area contributed by atoms with E-state index in [1.165, 1.54) is 24.2 Å². The molecule has 0 aromatic carbocycles. The Morgan fingerprint density at radius 1 is 1.48 bits per heavy atom. The molecule has 0 radical (unpaired) electrons. The van der Waals surface area contributed by atoms with Crippen LogP contribution in [0.3, 0.4) is 0 Å². The summed E-state index contributed by atoms with van der Waals surface area (Å²) in [6.45, 7) is 4.59. The van der Waals surface area contributed by atoms with Crippen molar-refractivity contribution in [2.24, 2.45) is 13.0 Å². The summed E-state index contributed by atoms with van der Waals surface area (Å²) in [6.07, 6.45) is 7.05. The number of hydrogen-bond acceptors (Lipinski definition) is 5. The molecule has 1 saturated heterocycles. The van der Waals surface area contributed by atoms with E-state index in [4.69, 9.17) is 0 Å². The second-order valence-electron chi connectivity index (χ2n) is 6.12. The first-order valence-electron chi connectivity index (χ1n) is 8.04. The number of hydrogen-bond donors (Lipinski definition) is 2.